The summed E-state index contributed by atoms with van der Waals surface area (Å²) in [5.74, 6) is 0.892. The summed E-state index contributed by atoms with van der Waals surface area (Å²) in [5.41, 5.74) is 14.3. The van der Waals surface area contributed by atoms with Gasteiger partial charge >= 0.3 is 0 Å². The van der Waals surface area contributed by atoms with Crippen molar-refractivity contribution in [2.24, 2.45) is 11.5 Å². The number of H-pyrrole nitrogens is 1. The van der Waals surface area contributed by atoms with E-state index in [0.717, 1.165) is 32.2 Å². The van der Waals surface area contributed by atoms with Gasteiger partial charge < -0.3 is 16.5 Å². The van der Waals surface area contributed by atoms with E-state index in [0.29, 0.717) is 13.1 Å². The Kier molecular flexibility index (Phi) is 2.87. The number of fused-ring (bicyclic) bond motifs is 1. The van der Waals surface area contributed by atoms with E-state index < -0.39 is 0 Å². The fraction of sp³-hybridized carbons (Fsp3) is 0.154. The first-order valence-corrected chi connectivity index (χ1v) is 6.59. The maximum atomic E-state index is 5.63. The van der Waals surface area contributed by atoms with Crippen LogP contribution in [0.25, 0.3) is 21.7 Å². The second kappa shape index (κ2) is 4.53. The zero-order valence-corrected chi connectivity index (χ0v) is 10.6. The minimum Gasteiger partial charge on any atom is -0.337 e. The van der Waals surface area contributed by atoms with Gasteiger partial charge in [0.05, 0.1) is 15.9 Å². The van der Waals surface area contributed by atoms with E-state index in [4.69, 9.17) is 11.5 Å². The third-order valence-electron chi connectivity index (χ3n) is 2.88. The Morgan fingerprint density at radius 3 is 2.72 bits per heavy atom. The monoisotopic (exact) mass is 258 g/mol. The van der Waals surface area contributed by atoms with Gasteiger partial charge in [-0.3, -0.25) is 0 Å². The molecule has 2 heterocycles. The van der Waals surface area contributed by atoms with Crippen molar-refractivity contribution in [2.75, 3.05) is 0 Å². The minimum atomic E-state index is 0.542. The minimum absolute atomic E-state index is 0.542. The molecule has 5 heteroatoms. The Morgan fingerprint density at radius 2 is 2.00 bits per heavy atom. The number of nitrogens with one attached hydrogen (secondary N) is 1. The van der Waals surface area contributed by atoms with Crippen molar-refractivity contribution in [3.8, 4) is 10.7 Å². The van der Waals surface area contributed by atoms with Crippen LogP contribution in [0.1, 0.15) is 10.4 Å². The largest absolute Gasteiger partial charge is 0.337 e. The van der Waals surface area contributed by atoms with Crippen LogP contribution in [0, 0.1) is 0 Å². The summed E-state index contributed by atoms with van der Waals surface area (Å²) in [4.78, 5) is 10.2. The molecule has 0 radical (unpaired) electrons. The average Bonchev–Trinajstić information content (AvgIpc) is 3.03. The molecular weight excluding hydrogens is 244 g/mol. The zero-order valence-electron chi connectivity index (χ0n) is 9.81. The third-order valence-corrected chi connectivity index (χ3v) is 3.99. The van der Waals surface area contributed by atoms with Gasteiger partial charge in [0, 0.05) is 18.0 Å². The van der Waals surface area contributed by atoms with Gasteiger partial charge in [0.2, 0.25) is 0 Å². The molecular formula is C13H14N4S. The second-order valence-electron chi connectivity index (χ2n) is 4.11. The summed E-state index contributed by atoms with van der Waals surface area (Å²) in [7, 11) is 0. The molecule has 92 valence electrons. The number of benzene rings is 1. The van der Waals surface area contributed by atoms with E-state index >= 15 is 0 Å². The average molecular weight is 258 g/mol. The van der Waals surface area contributed by atoms with Gasteiger partial charge in [-0.15, -0.1) is 11.3 Å². The Morgan fingerprint density at radius 1 is 1.11 bits per heavy atom. The summed E-state index contributed by atoms with van der Waals surface area (Å²) in [6, 6.07) is 10.1. The van der Waals surface area contributed by atoms with E-state index in [1.807, 2.05) is 24.3 Å². The maximum absolute atomic E-state index is 5.63. The van der Waals surface area contributed by atoms with Gasteiger partial charge in [-0.25, -0.2) is 4.98 Å². The Labute approximate surface area is 109 Å². The Balaban J connectivity index is 2.07. The van der Waals surface area contributed by atoms with Crippen LogP contribution in [0.5, 0.6) is 0 Å². The van der Waals surface area contributed by atoms with Crippen LogP contribution in [0.4, 0.5) is 0 Å². The molecule has 18 heavy (non-hydrogen) atoms. The first-order valence-electron chi connectivity index (χ1n) is 5.78. The van der Waals surface area contributed by atoms with Crippen LogP contribution >= 0.6 is 11.3 Å². The standard InChI is InChI=1S/C13H14N4S/c14-6-8-1-3-10-11(5-8)17-13(16-10)12-4-2-9(7-15)18-12/h1-5H,6-7,14-15H2,(H,16,17). The lowest BCUT2D eigenvalue weighted by Gasteiger charge is -1.94. The van der Waals surface area contributed by atoms with Gasteiger partial charge in [-0.05, 0) is 29.8 Å². The molecule has 3 aromatic rings. The number of hydrogen-bond acceptors (Lipinski definition) is 4. The fourth-order valence-corrected chi connectivity index (χ4v) is 2.75. The van der Waals surface area contributed by atoms with Gasteiger partial charge in [0.15, 0.2) is 0 Å². The van der Waals surface area contributed by atoms with E-state index in [-0.39, 0.29) is 0 Å². The summed E-state index contributed by atoms with van der Waals surface area (Å²) in [6.07, 6.45) is 0. The molecule has 0 spiro atoms. The fourth-order valence-electron chi connectivity index (χ4n) is 1.92. The Bertz CT molecular complexity index is 683. The molecule has 0 amide bonds. The first-order chi connectivity index (χ1) is 8.80. The second-order valence-corrected chi connectivity index (χ2v) is 5.28. The molecule has 0 saturated carbocycles. The molecule has 4 nitrogen and oxygen atoms in total. The third kappa shape index (κ3) is 1.92. The van der Waals surface area contributed by atoms with Crippen LogP contribution in [0.3, 0.4) is 0 Å². The predicted octanol–water partition coefficient (Wildman–Crippen LogP) is 2.21. The molecule has 0 atom stereocenters. The lowest BCUT2D eigenvalue weighted by atomic mass is 10.2. The normalized spacial score (nSPS) is 11.2. The maximum Gasteiger partial charge on any atom is 0.148 e. The van der Waals surface area contributed by atoms with Crippen molar-refractivity contribution in [2.45, 2.75) is 13.1 Å². The van der Waals surface area contributed by atoms with E-state index in [2.05, 4.69) is 16.0 Å². The van der Waals surface area contributed by atoms with Gasteiger partial charge in [0.1, 0.15) is 5.82 Å². The smallest absolute Gasteiger partial charge is 0.148 e. The summed E-state index contributed by atoms with van der Waals surface area (Å²) >= 11 is 1.67. The van der Waals surface area contributed by atoms with Gasteiger partial charge in [0.25, 0.3) is 0 Å². The number of nitrogens with zero attached hydrogens (tertiary/aromatic N) is 1. The SMILES string of the molecule is NCc1ccc2nc(-c3ccc(CN)s3)[nH]c2c1. The van der Waals surface area contributed by atoms with Gasteiger partial charge in [-0.1, -0.05) is 6.07 Å². The molecule has 0 aliphatic heterocycles. The molecule has 3 rings (SSSR count). The number of thiophene rings is 1. The first kappa shape index (κ1) is 11.4. The highest BCUT2D eigenvalue weighted by atomic mass is 32.1. The molecule has 0 bridgehead atoms. The van der Waals surface area contributed by atoms with Crippen molar-refractivity contribution in [1.82, 2.24) is 9.97 Å². The zero-order chi connectivity index (χ0) is 12.5. The molecule has 2 aromatic heterocycles. The van der Waals surface area contributed by atoms with E-state index in [1.54, 1.807) is 11.3 Å². The van der Waals surface area contributed by atoms with Crippen molar-refractivity contribution in [1.29, 1.82) is 0 Å². The highest BCUT2D eigenvalue weighted by Crippen LogP contribution is 2.27. The van der Waals surface area contributed by atoms with Crippen LogP contribution in [0.2, 0.25) is 0 Å². The van der Waals surface area contributed by atoms with Crippen LogP contribution in [0.15, 0.2) is 30.3 Å². The molecule has 0 saturated heterocycles. The molecule has 0 fully saturated rings. The van der Waals surface area contributed by atoms with Crippen LogP contribution < -0.4 is 11.5 Å². The van der Waals surface area contributed by atoms with Crippen molar-refractivity contribution >= 4 is 22.4 Å². The number of aromatic nitrogens is 2. The molecule has 1 aromatic carbocycles. The van der Waals surface area contributed by atoms with Crippen molar-refractivity contribution in [3.63, 3.8) is 0 Å². The predicted molar refractivity (Wildman–Crippen MR) is 75.2 cm³/mol. The molecule has 5 N–H and O–H groups in total. The lowest BCUT2D eigenvalue weighted by Crippen LogP contribution is -1.95. The highest BCUT2D eigenvalue weighted by molar-refractivity contribution is 7.15. The molecule has 0 aliphatic rings. The quantitative estimate of drug-likeness (QED) is 0.673. The summed E-state index contributed by atoms with van der Waals surface area (Å²) in [5, 5.41) is 0. The number of rotatable bonds is 3. The number of imidazole rings is 1. The van der Waals surface area contributed by atoms with E-state index in [9.17, 15) is 0 Å². The lowest BCUT2D eigenvalue weighted by molar-refractivity contribution is 1.07. The number of nitrogens with two attached hydrogens (primary N) is 2. The topological polar surface area (TPSA) is 80.7 Å². The number of aromatic amines is 1. The van der Waals surface area contributed by atoms with Crippen molar-refractivity contribution < 1.29 is 0 Å². The Hall–Kier alpha value is -1.69. The molecule has 0 unspecified atom stereocenters. The van der Waals surface area contributed by atoms with Crippen LogP contribution in [-0.4, -0.2) is 9.97 Å². The van der Waals surface area contributed by atoms with Gasteiger partial charge in [-0.2, -0.15) is 0 Å². The van der Waals surface area contributed by atoms with E-state index in [1.165, 1.54) is 0 Å². The van der Waals surface area contributed by atoms with Crippen LogP contribution in [-0.2, 0) is 13.1 Å². The molecule has 0 aliphatic carbocycles. The summed E-state index contributed by atoms with van der Waals surface area (Å²) in [6.45, 7) is 1.11. The summed E-state index contributed by atoms with van der Waals surface area (Å²) < 4.78 is 0. The van der Waals surface area contributed by atoms with Crippen molar-refractivity contribution in [3.05, 3.63) is 40.8 Å². The number of hydrogen-bond donors (Lipinski definition) is 3. The highest BCUT2D eigenvalue weighted by Gasteiger charge is 2.08.